The number of aliphatic imine (C=N–C) groups is 1. The fourth-order valence-corrected chi connectivity index (χ4v) is 3.07. The molecule has 1 aliphatic rings. The summed E-state index contributed by atoms with van der Waals surface area (Å²) in [5.41, 5.74) is 2.06. The van der Waals surface area contributed by atoms with Crippen LogP contribution < -0.4 is 24.8 Å². The normalized spacial score (nSPS) is 14.3. The van der Waals surface area contributed by atoms with Gasteiger partial charge in [0.05, 0.1) is 33.4 Å². The van der Waals surface area contributed by atoms with Crippen molar-refractivity contribution < 1.29 is 14.2 Å². The first-order valence-corrected chi connectivity index (χ1v) is 10.5. The maximum absolute atomic E-state index is 5.78. The molecule has 7 nitrogen and oxygen atoms in total. The van der Waals surface area contributed by atoms with Crippen LogP contribution in [0.15, 0.2) is 41.5 Å². The molecule has 1 unspecified atom stereocenters. The first-order chi connectivity index (χ1) is 14.6. The number of nitrogens with zero attached hydrogens (tertiary/aromatic N) is 2. The van der Waals surface area contributed by atoms with Gasteiger partial charge in [-0.1, -0.05) is 0 Å². The Bertz CT molecular complexity index is 858. The highest BCUT2D eigenvalue weighted by Gasteiger charge is 2.22. The van der Waals surface area contributed by atoms with Crippen molar-refractivity contribution in [3.05, 3.63) is 47.7 Å². The number of nitrogens with one attached hydrogen (secondary N) is 2. The van der Waals surface area contributed by atoms with Gasteiger partial charge in [0.2, 0.25) is 5.88 Å². The molecule has 31 heavy (non-hydrogen) atoms. The van der Waals surface area contributed by atoms with E-state index in [1.165, 1.54) is 12.8 Å². The second kappa shape index (κ2) is 12.6. The minimum Gasteiger partial charge on any atom is -0.497 e. The van der Waals surface area contributed by atoms with Gasteiger partial charge in [-0.15, -0.1) is 24.0 Å². The van der Waals surface area contributed by atoms with Crippen molar-refractivity contribution in [2.75, 3.05) is 27.4 Å². The summed E-state index contributed by atoms with van der Waals surface area (Å²) in [5, 5.41) is 6.75. The first kappa shape index (κ1) is 25.0. The Balaban J connectivity index is 0.00000341. The van der Waals surface area contributed by atoms with Crippen LogP contribution in [-0.2, 0) is 6.54 Å². The zero-order valence-corrected chi connectivity index (χ0v) is 21.0. The van der Waals surface area contributed by atoms with Gasteiger partial charge in [-0.25, -0.2) is 9.98 Å². The molecule has 0 saturated heterocycles. The lowest BCUT2D eigenvalue weighted by Gasteiger charge is -2.21. The van der Waals surface area contributed by atoms with Gasteiger partial charge < -0.3 is 24.8 Å². The molecule has 1 heterocycles. The largest absolute Gasteiger partial charge is 0.497 e. The van der Waals surface area contributed by atoms with Gasteiger partial charge in [0, 0.05) is 24.4 Å². The highest BCUT2D eigenvalue weighted by atomic mass is 127. The van der Waals surface area contributed by atoms with Gasteiger partial charge >= 0.3 is 0 Å². The fourth-order valence-electron chi connectivity index (χ4n) is 3.07. The van der Waals surface area contributed by atoms with E-state index >= 15 is 0 Å². The molecule has 0 amide bonds. The van der Waals surface area contributed by atoms with E-state index in [0.717, 1.165) is 41.7 Å². The molecule has 1 saturated carbocycles. The summed E-state index contributed by atoms with van der Waals surface area (Å²) in [6.45, 7) is 6.16. The predicted octanol–water partition coefficient (Wildman–Crippen LogP) is 4.32. The lowest BCUT2D eigenvalue weighted by atomic mass is 10.1. The second-order valence-electron chi connectivity index (χ2n) is 7.43. The molecule has 170 valence electrons. The molecule has 0 radical (unpaired) electrons. The summed E-state index contributed by atoms with van der Waals surface area (Å²) in [6.07, 6.45) is 4.30. The quantitative estimate of drug-likeness (QED) is 0.266. The SMILES string of the molecule is CCNC(=NCc1ccnc(OCC2CC2)c1)NC(C)c1cc(OC)ccc1OC.I. The average molecular weight is 540 g/mol. The van der Waals surface area contributed by atoms with E-state index in [4.69, 9.17) is 19.2 Å². The predicted molar refractivity (Wildman–Crippen MR) is 134 cm³/mol. The van der Waals surface area contributed by atoms with Crippen molar-refractivity contribution in [3.63, 3.8) is 0 Å². The lowest BCUT2D eigenvalue weighted by molar-refractivity contribution is 0.288. The minimum absolute atomic E-state index is 0. The van der Waals surface area contributed by atoms with Crippen LogP contribution in [0.1, 0.15) is 43.9 Å². The van der Waals surface area contributed by atoms with E-state index in [0.29, 0.717) is 18.3 Å². The molecule has 0 spiro atoms. The maximum Gasteiger partial charge on any atom is 0.213 e. The number of ether oxygens (including phenoxy) is 3. The molecule has 3 rings (SSSR count). The van der Waals surface area contributed by atoms with Crippen LogP contribution in [0.4, 0.5) is 0 Å². The first-order valence-electron chi connectivity index (χ1n) is 10.5. The van der Waals surface area contributed by atoms with Crippen molar-refractivity contribution >= 4 is 29.9 Å². The summed E-state index contributed by atoms with van der Waals surface area (Å²) in [4.78, 5) is 9.03. The van der Waals surface area contributed by atoms with E-state index in [-0.39, 0.29) is 30.0 Å². The zero-order valence-electron chi connectivity index (χ0n) is 18.7. The molecular weight excluding hydrogens is 507 g/mol. The summed E-state index contributed by atoms with van der Waals surface area (Å²) in [6, 6.07) is 9.68. The maximum atomic E-state index is 5.78. The van der Waals surface area contributed by atoms with Crippen LogP contribution in [-0.4, -0.2) is 38.3 Å². The van der Waals surface area contributed by atoms with Crippen LogP contribution in [0.25, 0.3) is 0 Å². The Morgan fingerprint density at radius 3 is 2.68 bits per heavy atom. The number of benzene rings is 1. The molecule has 1 aromatic heterocycles. The number of methoxy groups -OCH3 is 2. The topological polar surface area (TPSA) is 77.0 Å². The van der Waals surface area contributed by atoms with Gasteiger partial charge in [-0.3, -0.25) is 0 Å². The molecule has 1 fully saturated rings. The Morgan fingerprint density at radius 2 is 2.00 bits per heavy atom. The molecular formula is C23H33IN4O3. The smallest absolute Gasteiger partial charge is 0.213 e. The summed E-state index contributed by atoms with van der Waals surface area (Å²) in [7, 11) is 3.33. The Labute approximate surface area is 202 Å². The molecule has 2 N–H and O–H groups in total. The van der Waals surface area contributed by atoms with E-state index in [2.05, 4.69) is 22.5 Å². The lowest BCUT2D eigenvalue weighted by Crippen LogP contribution is -2.38. The molecule has 1 atom stereocenters. The highest BCUT2D eigenvalue weighted by molar-refractivity contribution is 14.0. The number of hydrogen-bond acceptors (Lipinski definition) is 5. The number of aromatic nitrogens is 1. The molecule has 2 aromatic rings. The van der Waals surface area contributed by atoms with Crippen molar-refractivity contribution in [3.8, 4) is 17.4 Å². The number of guanidine groups is 1. The van der Waals surface area contributed by atoms with E-state index in [1.807, 2.05) is 37.3 Å². The Morgan fingerprint density at radius 1 is 1.19 bits per heavy atom. The monoisotopic (exact) mass is 540 g/mol. The zero-order chi connectivity index (χ0) is 21.3. The van der Waals surface area contributed by atoms with Crippen LogP contribution in [0.3, 0.4) is 0 Å². The third-order valence-electron chi connectivity index (χ3n) is 4.98. The molecule has 8 heteroatoms. The number of rotatable bonds is 10. The van der Waals surface area contributed by atoms with Crippen LogP contribution in [0, 0.1) is 5.92 Å². The summed E-state index contributed by atoms with van der Waals surface area (Å²) in [5.74, 6) is 3.69. The van der Waals surface area contributed by atoms with Crippen molar-refractivity contribution in [2.45, 2.75) is 39.3 Å². The van der Waals surface area contributed by atoms with E-state index < -0.39 is 0 Å². The fraction of sp³-hybridized carbons (Fsp3) is 0.478. The Hall–Kier alpha value is -2.23. The van der Waals surface area contributed by atoms with Gasteiger partial charge in [0.25, 0.3) is 0 Å². The second-order valence-corrected chi connectivity index (χ2v) is 7.43. The molecule has 1 aromatic carbocycles. The third kappa shape index (κ3) is 7.75. The van der Waals surface area contributed by atoms with Gasteiger partial charge in [0.15, 0.2) is 5.96 Å². The highest BCUT2D eigenvalue weighted by Crippen LogP contribution is 2.30. The van der Waals surface area contributed by atoms with Crippen LogP contribution >= 0.6 is 24.0 Å². The molecule has 0 aliphatic heterocycles. The number of hydrogen-bond donors (Lipinski definition) is 2. The third-order valence-corrected chi connectivity index (χ3v) is 4.98. The van der Waals surface area contributed by atoms with Crippen molar-refractivity contribution in [1.82, 2.24) is 15.6 Å². The minimum atomic E-state index is -0.0253. The Kier molecular flexibility index (Phi) is 10.2. The van der Waals surface area contributed by atoms with Crippen LogP contribution in [0.5, 0.6) is 17.4 Å². The standard InChI is InChI=1S/C23H32N4O3.HI/c1-5-24-23(27-16(2)20-13-19(28-3)8-9-21(20)29-4)26-14-18-10-11-25-22(12-18)30-15-17-6-7-17;/h8-13,16-17H,5-7,14-15H2,1-4H3,(H2,24,26,27);1H. The van der Waals surface area contributed by atoms with Gasteiger partial charge in [-0.05, 0) is 62.4 Å². The van der Waals surface area contributed by atoms with E-state index in [9.17, 15) is 0 Å². The van der Waals surface area contributed by atoms with E-state index in [1.54, 1.807) is 20.4 Å². The van der Waals surface area contributed by atoms with Gasteiger partial charge in [-0.2, -0.15) is 0 Å². The van der Waals surface area contributed by atoms with Crippen LogP contribution in [0.2, 0.25) is 0 Å². The average Bonchev–Trinajstić information content (AvgIpc) is 3.60. The summed E-state index contributed by atoms with van der Waals surface area (Å²) < 4.78 is 16.7. The number of halogens is 1. The number of pyridine rings is 1. The summed E-state index contributed by atoms with van der Waals surface area (Å²) >= 11 is 0. The van der Waals surface area contributed by atoms with Crippen molar-refractivity contribution in [2.24, 2.45) is 10.9 Å². The molecule has 1 aliphatic carbocycles. The molecule has 0 bridgehead atoms. The van der Waals surface area contributed by atoms with Crippen molar-refractivity contribution in [1.29, 1.82) is 0 Å². The van der Waals surface area contributed by atoms with Gasteiger partial charge in [0.1, 0.15) is 11.5 Å².